The molecule has 0 spiro atoms. The van der Waals surface area contributed by atoms with Crippen molar-refractivity contribution in [3.05, 3.63) is 41.1 Å². The molecule has 1 aromatic carbocycles. The normalized spacial score (nSPS) is 24.4. The van der Waals surface area contributed by atoms with Crippen molar-refractivity contribution in [2.75, 3.05) is 6.54 Å². The molecule has 1 aliphatic carbocycles. The Balaban J connectivity index is 1.79. The predicted octanol–water partition coefficient (Wildman–Crippen LogP) is 3.37. The molecule has 0 unspecified atom stereocenters. The number of nitrogens with zero attached hydrogens (tertiary/aromatic N) is 2. The van der Waals surface area contributed by atoms with Crippen LogP contribution in [0.25, 0.3) is 10.9 Å². The van der Waals surface area contributed by atoms with Gasteiger partial charge in [0.15, 0.2) is 0 Å². The van der Waals surface area contributed by atoms with E-state index in [2.05, 4.69) is 26.0 Å². The molecule has 1 saturated heterocycles. The summed E-state index contributed by atoms with van der Waals surface area (Å²) in [4.78, 5) is 20.1. The Labute approximate surface area is 143 Å². The van der Waals surface area contributed by atoms with Gasteiger partial charge in [0.2, 0.25) is 0 Å². The van der Waals surface area contributed by atoms with Gasteiger partial charge >= 0.3 is 0 Å². The molecule has 2 aliphatic rings. The summed E-state index contributed by atoms with van der Waals surface area (Å²) in [7, 11) is 0. The van der Waals surface area contributed by atoms with Gasteiger partial charge in [0.25, 0.3) is 5.91 Å². The van der Waals surface area contributed by atoms with E-state index in [1.165, 1.54) is 12.8 Å². The van der Waals surface area contributed by atoms with E-state index in [1.807, 2.05) is 17.0 Å². The quantitative estimate of drug-likeness (QED) is 0.922. The number of amides is 1. The third kappa shape index (κ3) is 2.80. The van der Waals surface area contributed by atoms with Crippen molar-refractivity contribution < 1.29 is 4.79 Å². The Morgan fingerprint density at radius 2 is 2.04 bits per heavy atom. The summed E-state index contributed by atoms with van der Waals surface area (Å²) in [5.74, 6) is 0.670. The number of carbonyl (C=O) groups is 1. The van der Waals surface area contributed by atoms with E-state index < -0.39 is 0 Å². The minimum absolute atomic E-state index is 0.134. The zero-order valence-corrected chi connectivity index (χ0v) is 14.5. The van der Waals surface area contributed by atoms with Crippen LogP contribution in [-0.4, -0.2) is 34.4 Å². The zero-order valence-electron chi connectivity index (χ0n) is 14.5. The van der Waals surface area contributed by atoms with Crippen LogP contribution in [0.1, 0.15) is 60.1 Å². The second-order valence-corrected chi connectivity index (χ2v) is 7.52. The topological polar surface area (TPSA) is 59.2 Å². The smallest absolute Gasteiger partial charge is 0.254 e. The minimum Gasteiger partial charge on any atom is -0.336 e. The first kappa shape index (κ1) is 15.6. The highest BCUT2D eigenvalue weighted by Gasteiger charge is 2.31. The molecule has 4 heteroatoms. The molecule has 1 aliphatic heterocycles. The van der Waals surface area contributed by atoms with Gasteiger partial charge in [0, 0.05) is 35.6 Å². The van der Waals surface area contributed by atoms with E-state index in [1.54, 1.807) is 0 Å². The van der Waals surface area contributed by atoms with E-state index in [-0.39, 0.29) is 18.0 Å². The Morgan fingerprint density at radius 3 is 2.75 bits per heavy atom. The van der Waals surface area contributed by atoms with Crippen molar-refractivity contribution >= 4 is 16.8 Å². The van der Waals surface area contributed by atoms with Crippen LogP contribution in [0.5, 0.6) is 0 Å². The number of benzene rings is 1. The molecule has 2 heterocycles. The maximum atomic E-state index is 13.3. The van der Waals surface area contributed by atoms with Crippen molar-refractivity contribution in [3.8, 4) is 0 Å². The maximum Gasteiger partial charge on any atom is 0.254 e. The summed E-state index contributed by atoms with van der Waals surface area (Å²) in [6, 6.07) is 8.66. The number of carbonyl (C=O) groups excluding carboxylic acids is 1. The van der Waals surface area contributed by atoms with E-state index >= 15 is 0 Å². The number of hydrogen-bond donors (Lipinski definition) is 1. The molecule has 2 atom stereocenters. The van der Waals surface area contributed by atoms with Crippen LogP contribution < -0.4 is 5.73 Å². The second-order valence-electron chi connectivity index (χ2n) is 7.52. The summed E-state index contributed by atoms with van der Waals surface area (Å²) in [5.41, 5.74) is 10.1. The third-order valence-electron chi connectivity index (χ3n) is 5.39. The molecule has 24 heavy (non-hydrogen) atoms. The summed E-state index contributed by atoms with van der Waals surface area (Å²) in [6.45, 7) is 4.91. The van der Waals surface area contributed by atoms with Crippen LogP contribution in [0.4, 0.5) is 0 Å². The average Bonchev–Trinajstić information content (AvgIpc) is 3.38. The van der Waals surface area contributed by atoms with Gasteiger partial charge in [0.05, 0.1) is 11.1 Å². The van der Waals surface area contributed by atoms with Gasteiger partial charge in [-0.15, -0.1) is 0 Å². The first-order chi connectivity index (χ1) is 11.5. The number of rotatable bonds is 2. The molecular formula is C20H25N3O. The van der Waals surface area contributed by atoms with Crippen LogP contribution >= 0.6 is 0 Å². The Morgan fingerprint density at radius 1 is 1.25 bits per heavy atom. The molecule has 2 fully saturated rings. The molecule has 2 aromatic rings. The third-order valence-corrected chi connectivity index (χ3v) is 5.39. The lowest BCUT2D eigenvalue weighted by atomic mass is 9.96. The molecule has 4 nitrogen and oxygen atoms in total. The monoisotopic (exact) mass is 323 g/mol. The van der Waals surface area contributed by atoms with Crippen molar-refractivity contribution in [2.45, 2.75) is 57.5 Å². The molecule has 0 bridgehead atoms. The van der Waals surface area contributed by atoms with Gasteiger partial charge in [-0.25, -0.2) is 0 Å². The number of fused-ring (bicyclic) bond motifs is 1. The number of aryl methyl sites for hydroxylation is 1. The molecule has 2 N–H and O–H groups in total. The molecular weight excluding hydrogens is 298 g/mol. The lowest BCUT2D eigenvalue weighted by molar-refractivity contribution is 0.0621. The summed E-state index contributed by atoms with van der Waals surface area (Å²) in [5, 5.41) is 0.978. The fourth-order valence-electron chi connectivity index (χ4n) is 3.79. The Kier molecular flexibility index (Phi) is 3.80. The van der Waals surface area contributed by atoms with Crippen molar-refractivity contribution in [3.63, 3.8) is 0 Å². The molecule has 0 radical (unpaired) electrons. The molecule has 1 amide bonds. The van der Waals surface area contributed by atoms with Gasteiger partial charge in [-0.2, -0.15) is 0 Å². The van der Waals surface area contributed by atoms with Crippen molar-refractivity contribution in [1.82, 2.24) is 9.88 Å². The van der Waals surface area contributed by atoms with E-state index in [0.717, 1.165) is 47.1 Å². The molecule has 1 saturated carbocycles. The molecule has 1 aromatic heterocycles. The van der Waals surface area contributed by atoms with Crippen LogP contribution in [-0.2, 0) is 0 Å². The van der Waals surface area contributed by atoms with Crippen molar-refractivity contribution in [1.29, 1.82) is 0 Å². The number of nitrogens with two attached hydrogens (primary N) is 1. The summed E-state index contributed by atoms with van der Waals surface area (Å²) >= 11 is 0. The van der Waals surface area contributed by atoms with Crippen LogP contribution in [0.3, 0.4) is 0 Å². The predicted molar refractivity (Wildman–Crippen MR) is 96.2 cm³/mol. The fourth-order valence-corrected chi connectivity index (χ4v) is 3.79. The highest BCUT2D eigenvalue weighted by Crippen LogP contribution is 2.40. The summed E-state index contributed by atoms with van der Waals surface area (Å²) < 4.78 is 0. The largest absolute Gasteiger partial charge is 0.336 e. The Bertz CT molecular complexity index is 797. The summed E-state index contributed by atoms with van der Waals surface area (Å²) in [6.07, 6.45) is 4.14. The number of likely N-dealkylation sites (tertiary alicyclic amines) is 1. The van der Waals surface area contributed by atoms with Gasteiger partial charge < -0.3 is 10.6 Å². The average molecular weight is 323 g/mol. The van der Waals surface area contributed by atoms with Gasteiger partial charge in [0.1, 0.15) is 0 Å². The fraction of sp³-hybridized carbons (Fsp3) is 0.500. The highest BCUT2D eigenvalue weighted by molar-refractivity contribution is 6.06. The van der Waals surface area contributed by atoms with Crippen LogP contribution in [0.15, 0.2) is 24.3 Å². The van der Waals surface area contributed by atoms with Crippen molar-refractivity contribution in [2.24, 2.45) is 5.73 Å². The number of pyridine rings is 1. The van der Waals surface area contributed by atoms with Gasteiger partial charge in [-0.3, -0.25) is 9.78 Å². The van der Waals surface area contributed by atoms with E-state index in [9.17, 15) is 4.79 Å². The van der Waals surface area contributed by atoms with E-state index in [4.69, 9.17) is 10.7 Å². The van der Waals surface area contributed by atoms with Crippen LogP contribution in [0.2, 0.25) is 0 Å². The lowest BCUT2D eigenvalue weighted by Gasteiger charge is -2.36. The minimum atomic E-state index is 0.134. The number of piperidine rings is 1. The van der Waals surface area contributed by atoms with E-state index in [0.29, 0.717) is 5.92 Å². The molecule has 126 valence electrons. The standard InChI is InChI=1S/C20H25N3O/c1-12-3-6-18-16(9-12)17(11-19(22-18)14-4-5-14)20(24)23-8-7-15(21)10-13(23)2/h3,6,9,11,13-15H,4-5,7-8,10,21H2,1-2H3/t13-,15-/m0/s1. The van der Waals surface area contributed by atoms with Gasteiger partial charge in [-0.1, -0.05) is 11.6 Å². The van der Waals surface area contributed by atoms with Gasteiger partial charge in [-0.05, 0) is 57.7 Å². The first-order valence-electron chi connectivity index (χ1n) is 9.01. The van der Waals surface area contributed by atoms with Crippen LogP contribution in [0, 0.1) is 6.92 Å². The molecule has 4 rings (SSSR count). The first-order valence-corrected chi connectivity index (χ1v) is 9.01. The maximum absolute atomic E-state index is 13.3. The lowest BCUT2D eigenvalue weighted by Crippen LogP contribution is -2.48. The highest BCUT2D eigenvalue weighted by atomic mass is 16.2. The number of hydrogen-bond acceptors (Lipinski definition) is 3. The second kappa shape index (κ2) is 5.85. The number of aromatic nitrogens is 1. The zero-order chi connectivity index (χ0) is 16.8. The SMILES string of the molecule is Cc1ccc2nc(C3CC3)cc(C(=O)N3CC[C@H](N)C[C@@H]3C)c2c1. The Hall–Kier alpha value is -1.94.